The number of aryl methyl sites for hydroxylation is 2. The molecule has 1 aromatic heterocycles. The van der Waals surface area contributed by atoms with Gasteiger partial charge in [-0.15, -0.1) is 0 Å². The summed E-state index contributed by atoms with van der Waals surface area (Å²) in [5.74, 6) is 1.22. The number of benzene rings is 3. The highest BCUT2D eigenvalue weighted by molar-refractivity contribution is 5.98. The van der Waals surface area contributed by atoms with E-state index in [0.717, 1.165) is 33.8 Å². The van der Waals surface area contributed by atoms with E-state index in [9.17, 15) is 9.59 Å². The van der Waals surface area contributed by atoms with Crippen LogP contribution in [0.25, 0.3) is 16.8 Å². The summed E-state index contributed by atoms with van der Waals surface area (Å²) in [6, 6.07) is 27.3. The SMILES string of the molecule is COc1ccc(-n2nc(C)c(-c3ccccc3)c2NC(=O)CN(CC(C)C)C(=O)CCc2ccccc2)cc1. The predicted molar refractivity (Wildman–Crippen MR) is 155 cm³/mol. The second-order valence-corrected chi connectivity index (χ2v) is 9.99. The number of hydrogen-bond donors (Lipinski definition) is 1. The molecule has 0 radical (unpaired) electrons. The van der Waals surface area contributed by atoms with E-state index in [-0.39, 0.29) is 24.3 Å². The Bertz CT molecular complexity index is 1380. The van der Waals surface area contributed by atoms with Crippen molar-refractivity contribution in [1.82, 2.24) is 14.7 Å². The number of nitrogens with one attached hydrogen (secondary N) is 1. The van der Waals surface area contributed by atoms with Crippen LogP contribution in [0, 0.1) is 12.8 Å². The highest BCUT2D eigenvalue weighted by Gasteiger charge is 2.23. The van der Waals surface area contributed by atoms with E-state index < -0.39 is 0 Å². The van der Waals surface area contributed by atoms with E-state index in [1.807, 2.05) is 106 Å². The van der Waals surface area contributed by atoms with Gasteiger partial charge >= 0.3 is 0 Å². The third kappa shape index (κ3) is 7.13. The number of nitrogens with zero attached hydrogens (tertiary/aromatic N) is 3. The van der Waals surface area contributed by atoms with Crippen LogP contribution in [-0.2, 0) is 16.0 Å². The Labute approximate surface area is 230 Å². The fourth-order valence-electron chi connectivity index (χ4n) is 4.60. The van der Waals surface area contributed by atoms with E-state index >= 15 is 0 Å². The first kappa shape index (κ1) is 27.6. The zero-order chi connectivity index (χ0) is 27.8. The second-order valence-electron chi connectivity index (χ2n) is 9.99. The van der Waals surface area contributed by atoms with Crippen molar-refractivity contribution in [2.24, 2.45) is 5.92 Å². The largest absolute Gasteiger partial charge is 0.497 e. The van der Waals surface area contributed by atoms with Crippen molar-refractivity contribution >= 4 is 17.6 Å². The molecule has 4 rings (SSSR count). The number of amides is 2. The average Bonchev–Trinajstić information content (AvgIpc) is 3.27. The maximum atomic E-state index is 13.5. The molecule has 0 bridgehead atoms. The molecule has 4 aromatic rings. The lowest BCUT2D eigenvalue weighted by atomic mass is 10.1. The quantitative estimate of drug-likeness (QED) is 0.265. The number of ether oxygens (including phenoxy) is 1. The van der Waals surface area contributed by atoms with Crippen molar-refractivity contribution in [3.05, 3.63) is 96.2 Å². The van der Waals surface area contributed by atoms with E-state index in [2.05, 4.69) is 5.32 Å². The normalized spacial score (nSPS) is 10.9. The topological polar surface area (TPSA) is 76.5 Å². The van der Waals surface area contributed by atoms with Gasteiger partial charge in [0, 0.05) is 18.5 Å². The van der Waals surface area contributed by atoms with Gasteiger partial charge in [-0.2, -0.15) is 5.10 Å². The number of methoxy groups -OCH3 is 1. The summed E-state index contributed by atoms with van der Waals surface area (Å²) in [4.78, 5) is 28.4. The number of hydrogen-bond acceptors (Lipinski definition) is 4. The molecule has 2 amide bonds. The van der Waals surface area contributed by atoms with Crippen LogP contribution in [-0.4, -0.2) is 46.7 Å². The molecule has 0 aliphatic rings. The first-order valence-corrected chi connectivity index (χ1v) is 13.3. The van der Waals surface area contributed by atoms with Gasteiger partial charge in [-0.25, -0.2) is 4.68 Å². The average molecular weight is 525 g/mol. The maximum absolute atomic E-state index is 13.5. The number of carbonyl (C=O) groups is 2. The monoisotopic (exact) mass is 524 g/mol. The van der Waals surface area contributed by atoms with Crippen molar-refractivity contribution in [3.63, 3.8) is 0 Å². The second kappa shape index (κ2) is 12.9. The standard InChI is InChI=1S/C32H36N4O3/c1-23(2)21-35(30(38)20-15-25-11-7-5-8-12-25)22-29(37)33-32-31(26-13-9-6-10-14-26)24(3)34-36(32)27-16-18-28(39-4)19-17-27/h5-14,16-19,23H,15,20-22H2,1-4H3,(H,33,37). The molecule has 0 atom stereocenters. The lowest BCUT2D eigenvalue weighted by Gasteiger charge is -2.24. The van der Waals surface area contributed by atoms with Gasteiger partial charge in [-0.05, 0) is 54.7 Å². The Kier molecular flexibility index (Phi) is 9.15. The zero-order valence-corrected chi connectivity index (χ0v) is 23.1. The summed E-state index contributed by atoms with van der Waals surface area (Å²) >= 11 is 0. The third-order valence-electron chi connectivity index (χ3n) is 6.44. The summed E-state index contributed by atoms with van der Waals surface area (Å²) in [5.41, 5.74) is 4.46. The molecule has 0 saturated heterocycles. The van der Waals surface area contributed by atoms with E-state index in [0.29, 0.717) is 25.2 Å². The Hall–Kier alpha value is -4.39. The Morgan fingerprint density at radius 1 is 0.949 bits per heavy atom. The number of rotatable bonds is 11. The minimum Gasteiger partial charge on any atom is -0.497 e. The molecule has 0 aliphatic carbocycles. The molecule has 0 unspecified atom stereocenters. The third-order valence-corrected chi connectivity index (χ3v) is 6.44. The summed E-state index contributed by atoms with van der Waals surface area (Å²) in [7, 11) is 1.62. The Morgan fingerprint density at radius 2 is 1.59 bits per heavy atom. The molecular weight excluding hydrogens is 488 g/mol. The fraction of sp³-hybridized carbons (Fsp3) is 0.281. The van der Waals surface area contributed by atoms with Crippen molar-refractivity contribution in [2.75, 3.05) is 25.5 Å². The van der Waals surface area contributed by atoms with E-state index in [1.165, 1.54) is 0 Å². The van der Waals surface area contributed by atoms with Gasteiger partial charge in [0.2, 0.25) is 11.8 Å². The molecule has 3 aromatic carbocycles. The van der Waals surface area contributed by atoms with Crippen LogP contribution in [0.1, 0.15) is 31.5 Å². The van der Waals surface area contributed by atoms with Gasteiger partial charge < -0.3 is 15.0 Å². The number of aromatic nitrogens is 2. The molecule has 0 spiro atoms. The highest BCUT2D eigenvalue weighted by Crippen LogP contribution is 2.33. The Morgan fingerprint density at radius 3 is 2.21 bits per heavy atom. The van der Waals surface area contributed by atoms with Crippen LogP contribution in [0.3, 0.4) is 0 Å². The van der Waals surface area contributed by atoms with E-state index in [1.54, 1.807) is 16.7 Å². The van der Waals surface area contributed by atoms with Gasteiger partial charge in [0.05, 0.1) is 25.0 Å². The summed E-state index contributed by atoms with van der Waals surface area (Å²) < 4.78 is 7.04. The van der Waals surface area contributed by atoms with Gasteiger partial charge in [0.15, 0.2) is 0 Å². The fourth-order valence-corrected chi connectivity index (χ4v) is 4.60. The summed E-state index contributed by atoms with van der Waals surface area (Å²) in [6.45, 7) is 6.49. The van der Waals surface area contributed by atoms with Crippen molar-refractivity contribution in [3.8, 4) is 22.6 Å². The molecule has 7 heteroatoms. The molecule has 1 N–H and O–H groups in total. The summed E-state index contributed by atoms with van der Waals surface area (Å²) in [5, 5.41) is 7.87. The Balaban J connectivity index is 1.60. The maximum Gasteiger partial charge on any atom is 0.245 e. The molecule has 7 nitrogen and oxygen atoms in total. The van der Waals surface area contributed by atoms with Crippen LogP contribution < -0.4 is 10.1 Å². The molecule has 0 saturated carbocycles. The lowest BCUT2D eigenvalue weighted by molar-refractivity contribution is -0.135. The van der Waals surface area contributed by atoms with Crippen LogP contribution in [0.4, 0.5) is 5.82 Å². The van der Waals surface area contributed by atoms with Crippen LogP contribution >= 0.6 is 0 Å². The zero-order valence-electron chi connectivity index (χ0n) is 23.1. The summed E-state index contributed by atoms with van der Waals surface area (Å²) in [6.07, 6.45) is 0.986. The first-order chi connectivity index (χ1) is 18.9. The molecule has 202 valence electrons. The van der Waals surface area contributed by atoms with Crippen molar-refractivity contribution in [2.45, 2.75) is 33.6 Å². The van der Waals surface area contributed by atoms with Crippen LogP contribution in [0.5, 0.6) is 5.75 Å². The highest BCUT2D eigenvalue weighted by atomic mass is 16.5. The van der Waals surface area contributed by atoms with E-state index in [4.69, 9.17) is 9.84 Å². The smallest absolute Gasteiger partial charge is 0.245 e. The van der Waals surface area contributed by atoms with Crippen molar-refractivity contribution in [1.29, 1.82) is 0 Å². The van der Waals surface area contributed by atoms with Crippen LogP contribution in [0.2, 0.25) is 0 Å². The molecule has 0 fully saturated rings. The van der Waals surface area contributed by atoms with Crippen LogP contribution in [0.15, 0.2) is 84.9 Å². The molecular formula is C32H36N4O3. The van der Waals surface area contributed by atoms with Crippen molar-refractivity contribution < 1.29 is 14.3 Å². The van der Waals surface area contributed by atoms with Gasteiger partial charge in [-0.1, -0.05) is 74.5 Å². The van der Waals surface area contributed by atoms with Gasteiger partial charge in [-0.3, -0.25) is 9.59 Å². The minimum atomic E-state index is -0.268. The van der Waals surface area contributed by atoms with Gasteiger partial charge in [0.1, 0.15) is 11.6 Å². The number of anilines is 1. The molecule has 1 heterocycles. The first-order valence-electron chi connectivity index (χ1n) is 13.3. The van der Waals surface area contributed by atoms with Gasteiger partial charge in [0.25, 0.3) is 0 Å². The minimum absolute atomic E-state index is 0.0348. The molecule has 39 heavy (non-hydrogen) atoms. The predicted octanol–water partition coefficient (Wildman–Crippen LogP) is 5.91. The molecule has 0 aliphatic heterocycles. The lowest BCUT2D eigenvalue weighted by Crippen LogP contribution is -2.40. The number of carbonyl (C=O) groups excluding carboxylic acids is 2.